The van der Waals surface area contributed by atoms with Crippen LogP contribution in [0.5, 0.6) is 0 Å². The van der Waals surface area contributed by atoms with Crippen molar-refractivity contribution in [1.82, 2.24) is 9.55 Å². The quantitative estimate of drug-likeness (QED) is 0.889. The second-order valence-electron chi connectivity index (χ2n) is 3.64. The van der Waals surface area contributed by atoms with Crippen LogP contribution in [0.1, 0.15) is 26.6 Å². The summed E-state index contributed by atoms with van der Waals surface area (Å²) in [5.41, 5.74) is 3.91. The highest BCUT2D eigenvalue weighted by atomic mass is 32.1. The van der Waals surface area contributed by atoms with E-state index in [1.165, 1.54) is 0 Å². The standard InChI is InChI=1S/C11H12N2O2S/c1-7-3-10(11(14)15)8(2)13(7)5-9-4-12-6-16-9/h3-4,6H,5H2,1-2H3,(H,14,15). The number of aromatic nitrogens is 2. The van der Waals surface area contributed by atoms with Gasteiger partial charge in [-0.3, -0.25) is 4.98 Å². The lowest BCUT2D eigenvalue weighted by Gasteiger charge is -2.07. The summed E-state index contributed by atoms with van der Waals surface area (Å²) in [6, 6.07) is 1.71. The summed E-state index contributed by atoms with van der Waals surface area (Å²) >= 11 is 1.57. The molecule has 2 aromatic rings. The van der Waals surface area contributed by atoms with E-state index in [0.717, 1.165) is 16.3 Å². The maximum absolute atomic E-state index is 11.0. The fourth-order valence-electron chi connectivity index (χ4n) is 1.74. The van der Waals surface area contributed by atoms with E-state index in [2.05, 4.69) is 4.98 Å². The predicted molar refractivity (Wildman–Crippen MR) is 62.1 cm³/mol. The minimum atomic E-state index is -0.872. The minimum absolute atomic E-state index is 0.377. The van der Waals surface area contributed by atoms with Crippen molar-refractivity contribution >= 4 is 17.3 Å². The van der Waals surface area contributed by atoms with E-state index in [1.807, 2.05) is 24.6 Å². The van der Waals surface area contributed by atoms with Crippen LogP contribution in [-0.4, -0.2) is 20.6 Å². The van der Waals surface area contributed by atoms with Gasteiger partial charge in [0.2, 0.25) is 0 Å². The lowest BCUT2D eigenvalue weighted by atomic mass is 10.2. The van der Waals surface area contributed by atoms with Crippen LogP contribution in [-0.2, 0) is 6.54 Å². The number of carboxylic acid groups (broad SMARTS) is 1. The monoisotopic (exact) mass is 236 g/mol. The third-order valence-corrected chi connectivity index (χ3v) is 3.37. The first-order chi connectivity index (χ1) is 7.59. The van der Waals surface area contributed by atoms with Crippen LogP contribution in [0, 0.1) is 13.8 Å². The largest absolute Gasteiger partial charge is 0.478 e. The molecule has 0 saturated carbocycles. The number of hydrogen-bond donors (Lipinski definition) is 1. The van der Waals surface area contributed by atoms with Crippen molar-refractivity contribution < 1.29 is 9.90 Å². The third-order valence-electron chi connectivity index (χ3n) is 2.60. The van der Waals surface area contributed by atoms with Crippen molar-refractivity contribution in [2.24, 2.45) is 0 Å². The first-order valence-corrected chi connectivity index (χ1v) is 5.75. The Bertz CT molecular complexity index is 514. The molecular formula is C11H12N2O2S. The highest BCUT2D eigenvalue weighted by Gasteiger charge is 2.14. The van der Waals surface area contributed by atoms with Crippen molar-refractivity contribution in [3.05, 3.63) is 39.6 Å². The molecule has 0 radical (unpaired) electrons. The Kier molecular flexibility index (Phi) is 2.78. The average Bonchev–Trinajstić information content (AvgIpc) is 2.81. The second kappa shape index (κ2) is 4.09. The zero-order chi connectivity index (χ0) is 11.7. The van der Waals surface area contributed by atoms with Gasteiger partial charge in [0.25, 0.3) is 0 Å². The highest BCUT2D eigenvalue weighted by Crippen LogP contribution is 2.18. The van der Waals surface area contributed by atoms with Gasteiger partial charge in [-0.05, 0) is 19.9 Å². The Hall–Kier alpha value is -1.62. The molecular weight excluding hydrogens is 224 g/mol. The summed E-state index contributed by atoms with van der Waals surface area (Å²) in [5.74, 6) is -0.872. The van der Waals surface area contributed by atoms with E-state index < -0.39 is 5.97 Å². The first-order valence-electron chi connectivity index (χ1n) is 4.87. The van der Waals surface area contributed by atoms with Gasteiger partial charge in [-0.25, -0.2) is 4.79 Å². The number of aryl methyl sites for hydroxylation is 1. The van der Waals surface area contributed by atoms with Gasteiger partial charge in [0.05, 0.1) is 17.6 Å². The molecule has 4 nitrogen and oxygen atoms in total. The number of thiazole rings is 1. The molecule has 0 amide bonds. The molecule has 0 bridgehead atoms. The summed E-state index contributed by atoms with van der Waals surface area (Å²) < 4.78 is 2.00. The maximum Gasteiger partial charge on any atom is 0.337 e. The molecule has 1 N–H and O–H groups in total. The minimum Gasteiger partial charge on any atom is -0.478 e. The van der Waals surface area contributed by atoms with Crippen LogP contribution < -0.4 is 0 Å². The van der Waals surface area contributed by atoms with E-state index in [4.69, 9.17) is 5.11 Å². The smallest absolute Gasteiger partial charge is 0.337 e. The first kappa shape index (κ1) is 10.9. The van der Waals surface area contributed by atoms with Crippen LogP contribution in [0.4, 0.5) is 0 Å². The molecule has 16 heavy (non-hydrogen) atoms. The molecule has 0 aliphatic carbocycles. The van der Waals surface area contributed by atoms with Gasteiger partial charge < -0.3 is 9.67 Å². The number of carbonyl (C=O) groups is 1. The summed E-state index contributed by atoms with van der Waals surface area (Å²) in [6.07, 6.45) is 1.81. The number of nitrogens with zero attached hydrogens (tertiary/aromatic N) is 2. The molecule has 0 aromatic carbocycles. The van der Waals surface area contributed by atoms with Gasteiger partial charge >= 0.3 is 5.97 Å². The van der Waals surface area contributed by atoms with Crippen molar-refractivity contribution in [2.45, 2.75) is 20.4 Å². The SMILES string of the molecule is Cc1cc(C(=O)O)c(C)n1Cc1cncs1. The molecule has 0 unspecified atom stereocenters. The number of rotatable bonds is 3. The van der Waals surface area contributed by atoms with Crippen LogP contribution in [0.15, 0.2) is 17.8 Å². The van der Waals surface area contributed by atoms with Crippen molar-refractivity contribution in [1.29, 1.82) is 0 Å². The molecule has 84 valence electrons. The summed E-state index contributed by atoms with van der Waals surface area (Å²) in [7, 11) is 0. The summed E-state index contributed by atoms with van der Waals surface area (Å²) in [4.78, 5) is 16.1. The maximum atomic E-state index is 11.0. The lowest BCUT2D eigenvalue weighted by molar-refractivity contribution is 0.0696. The fourth-order valence-corrected chi connectivity index (χ4v) is 2.32. The Labute approximate surface area is 97.2 Å². The van der Waals surface area contributed by atoms with Gasteiger partial charge in [0.15, 0.2) is 0 Å². The van der Waals surface area contributed by atoms with E-state index in [1.54, 1.807) is 22.9 Å². The van der Waals surface area contributed by atoms with Gasteiger partial charge in [-0.1, -0.05) is 0 Å². The number of hydrogen-bond acceptors (Lipinski definition) is 3. The molecule has 0 spiro atoms. The Morgan fingerprint density at radius 3 is 2.81 bits per heavy atom. The van der Waals surface area contributed by atoms with Crippen LogP contribution in [0.2, 0.25) is 0 Å². The number of aromatic carboxylic acids is 1. The zero-order valence-electron chi connectivity index (χ0n) is 9.10. The van der Waals surface area contributed by atoms with Gasteiger partial charge in [0.1, 0.15) is 0 Å². The molecule has 5 heteroatoms. The lowest BCUT2D eigenvalue weighted by Crippen LogP contribution is -2.04. The van der Waals surface area contributed by atoms with E-state index in [9.17, 15) is 4.79 Å². The Morgan fingerprint density at radius 1 is 1.56 bits per heavy atom. The predicted octanol–water partition coefficient (Wildman–Crippen LogP) is 2.31. The average molecular weight is 236 g/mol. The molecule has 0 saturated heterocycles. The summed E-state index contributed by atoms with van der Waals surface area (Å²) in [5, 5.41) is 9.01. The van der Waals surface area contributed by atoms with Crippen molar-refractivity contribution in [3.8, 4) is 0 Å². The van der Waals surface area contributed by atoms with Gasteiger partial charge in [-0.15, -0.1) is 11.3 Å². The summed E-state index contributed by atoms with van der Waals surface area (Å²) in [6.45, 7) is 4.44. The molecule has 2 rings (SSSR count). The van der Waals surface area contributed by atoms with Gasteiger partial charge in [-0.2, -0.15) is 0 Å². The third kappa shape index (κ3) is 1.86. The van der Waals surface area contributed by atoms with Crippen LogP contribution in [0.25, 0.3) is 0 Å². The molecule has 0 aliphatic rings. The van der Waals surface area contributed by atoms with Crippen molar-refractivity contribution in [2.75, 3.05) is 0 Å². The van der Waals surface area contributed by atoms with E-state index in [-0.39, 0.29) is 0 Å². The molecule has 0 fully saturated rings. The Balaban J connectivity index is 2.38. The van der Waals surface area contributed by atoms with Crippen LogP contribution >= 0.6 is 11.3 Å². The zero-order valence-corrected chi connectivity index (χ0v) is 9.91. The number of carboxylic acids is 1. The fraction of sp³-hybridized carbons (Fsp3) is 0.273. The van der Waals surface area contributed by atoms with Crippen LogP contribution in [0.3, 0.4) is 0 Å². The van der Waals surface area contributed by atoms with Crippen molar-refractivity contribution in [3.63, 3.8) is 0 Å². The molecule has 0 aliphatic heterocycles. The van der Waals surface area contributed by atoms with E-state index >= 15 is 0 Å². The highest BCUT2D eigenvalue weighted by molar-refractivity contribution is 7.09. The topological polar surface area (TPSA) is 55.1 Å². The molecule has 2 aromatic heterocycles. The molecule has 0 atom stereocenters. The van der Waals surface area contributed by atoms with E-state index in [0.29, 0.717) is 12.1 Å². The second-order valence-corrected chi connectivity index (χ2v) is 4.61. The Morgan fingerprint density at radius 2 is 2.31 bits per heavy atom. The molecule has 2 heterocycles. The normalized spacial score (nSPS) is 10.6. The van der Waals surface area contributed by atoms with Gasteiger partial charge in [0, 0.05) is 22.5 Å².